The molecule has 2 aromatic rings. The fraction of sp³-hybridized carbons (Fsp3) is 0.348. The fourth-order valence-corrected chi connectivity index (χ4v) is 3.05. The smallest absolute Gasteiger partial charge is 0.328 e. The fourth-order valence-electron chi connectivity index (χ4n) is 3.05. The van der Waals surface area contributed by atoms with E-state index in [1.165, 1.54) is 14.0 Å². The second-order valence-corrected chi connectivity index (χ2v) is 7.27. The van der Waals surface area contributed by atoms with Crippen molar-refractivity contribution in [3.8, 4) is 11.1 Å². The van der Waals surface area contributed by atoms with Crippen LogP contribution in [-0.2, 0) is 25.5 Å². The van der Waals surface area contributed by atoms with Crippen molar-refractivity contribution in [2.75, 3.05) is 7.11 Å². The number of benzene rings is 2. The van der Waals surface area contributed by atoms with Gasteiger partial charge in [0.25, 0.3) is 0 Å². The summed E-state index contributed by atoms with van der Waals surface area (Å²) in [5, 5.41) is 5.35. The molecule has 6 heteroatoms. The Morgan fingerprint density at radius 1 is 0.897 bits per heavy atom. The van der Waals surface area contributed by atoms with Gasteiger partial charge in [-0.3, -0.25) is 9.59 Å². The van der Waals surface area contributed by atoms with Crippen LogP contribution in [0.25, 0.3) is 11.1 Å². The molecule has 0 heterocycles. The second-order valence-electron chi connectivity index (χ2n) is 7.27. The van der Waals surface area contributed by atoms with Gasteiger partial charge in [0, 0.05) is 13.3 Å². The van der Waals surface area contributed by atoms with Crippen LogP contribution in [0.1, 0.15) is 26.3 Å². The van der Waals surface area contributed by atoms with Crippen LogP contribution in [0.3, 0.4) is 0 Å². The van der Waals surface area contributed by atoms with E-state index in [1.807, 2.05) is 68.4 Å². The Kier molecular flexibility index (Phi) is 7.95. The van der Waals surface area contributed by atoms with Crippen molar-refractivity contribution in [2.45, 2.75) is 39.3 Å². The van der Waals surface area contributed by atoms with E-state index < -0.39 is 24.0 Å². The third kappa shape index (κ3) is 6.45. The Balaban J connectivity index is 2.13. The molecule has 0 fully saturated rings. The van der Waals surface area contributed by atoms with Crippen LogP contribution in [0, 0.1) is 5.92 Å². The molecule has 2 amide bonds. The van der Waals surface area contributed by atoms with E-state index in [2.05, 4.69) is 10.6 Å². The molecule has 2 N–H and O–H groups in total. The predicted octanol–water partition coefficient (Wildman–Crippen LogP) is 2.71. The first-order valence-corrected chi connectivity index (χ1v) is 9.61. The van der Waals surface area contributed by atoms with Gasteiger partial charge in [-0.15, -0.1) is 0 Å². The summed E-state index contributed by atoms with van der Waals surface area (Å²) in [6.45, 7) is 5.01. The van der Waals surface area contributed by atoms with Gasteiger partial charge in [-0.25, -0.2) is 4.79 Å². The molecule has 2 rings (SSSR count). The lowest BCUT2D eigenvalue weighted by molar-refractivity contribution is -0.145. The molecule has 0 unspecified atom stereocenters. The summed E-state index contributed by atoms with van der Waals surface area (Å²) in [6, 6.07) is 16.2. The first-order chi connectivity index (χ1) is 13.8. The van der Waals surface area contributed by atoms with Gasteiger partial charge in [-0.2, -0.15) is 0 Å². The maximum absolute atomic E-state index is 12.6. The molecule has 0 aliphatic heterocycles. The summed E-state index contributed by atoms with van der Waals surface area (Å²) in [6.07, 6.45) is 0.290. The third-order valence-electron chi connectivity index (χ3n) is 4.61. The Morgan fingerprint density at radius 3 is 2.00 bits per heavy atom. The standard InChI is InChI=1S/C23H28N2O4/c1-15(2)21(24-16(3)26)22(27)25-20(23(28)29-4)14-17-10-12-19(13-11-17)18-8-6-5-7-9-18/h5-13,15,20-21H,14H2,1-4H3,(H,24,26)(H,25,27)/t20-,21-/m1/s1. The van der Waals surface area contributed by atoms with E-state index in [9.17, 15) is 14.4 Å². The molecule has 0 aliphatic carbocycles. The van der Waals surface area contributed by atoms with Crippen molar-refractivity contribution < 1.29 is 19.1 Å². The molecule has 0 radical (unpaired) electrons. The number of carbonyl (C=O) groups is 3. The van der Waals surface area contributed by atoms with E-state index in [0.717, 1.165) is 16.7 Å². The number of hydrogen-bond donors (Lipinski definition) is 2. The molecule has 0 saturated carbocycles. The van der Waals surface area contributed by atoms with Crippen molar-refractivity contribution in [3.63, 3.8) is 0 Å². The minimum Gasteiger partial charge on any atom is -0.467 e. The van der Waals surface area contributed by atoms with Crippen LogP contribution in [0.4, 0.5) is 0 Å². The molecule has 2 aromatic carbocycles. The zero-order chi connectivity index (χ0) is 21.4. The molecule has 0 spiro atoms. The third-order valence-corrected chi connectivity index (χ3v) is 4.61. The van der Waals surface area contributed by atoms with Crippen molar-refractivity contribution >= 4 is 17.8 Å². The van der Waals surface area contributed by atoms with Crippen LogP contribution in [0.15, 0.2) is 54.6 Å². The average molecular weight is 396 g/mol. The number of methoxy groups -OCH3 is 1. The lowest BCUT2D eigenvalue weighted by Crippen LogP contribution is -2.54. The van der Waals surface area contributed by atoms with E-state index >= 15 is 0 Å². The van der Waals surface area contributed by atoms with Crippen molar-refractivity contribution in [2.24, 2.45) is 5.92 Å². The van der Waals surface area contributed by atoms with Gasteiger partial charge < -0.3 is 15.4 Å². The monoisotopic (exact) mass is 396 g/mol. The van der Waals surface area contributed by atoms with Crippen molar-refractivity contribution in [1.29, 1.82) is 0 Å². The van der Waals surface area contributed by atoms with Gasteiger partial charge in [-0.05, 0) is 22.6 Å². The SMILES string of the molecule is COC(=O)[C@@H](Cc1ccc(-c2ccccc2)cc1)NC(=O)[C@H](NC(C)=O)C(C)C. The lowest BCUT2D eigenvalue weighted by Gasteiger charge is -2.24. The highest BCUT2D eigenvalue weighted by Crippen LogP contribution is 2.20. The average Bonchev–Trinajstić information content (AvgIpc) is 2.71. The summed E-state index contributed by atoms with van der Waals surface area (Å²) >= 11 is 0. The Labute approximate surface area is 171 Å². The van der Waals surface area contributed by atoms with E-state index in [4.69, 9.17) is 4.74 Å². The van der Waals surface area contributed by atoms with Crippen molar-refractivity contribution in [1.82, 2.24) is 10.6 Å². The minimum absolute atomic E-state index is 0.123. The highest BCUT2D eigenvalue weighted by Gasteiger charge is 2.28. The maximum atomic E-state index is 12.6. The molecule has 6 nitrogen and oxygen atoms in total. The van der Waals surface area contributed by atoms with E-state index in [-0.39, 0.29) is 11.8 Å². The molecular formula is C23H28N2O4. The zero-order valence-electron chi connectivity index (χ0n) is 17.3. The molecule has 0 saturated heterocycles. The maximum Gasteiger partial charge on any atom is 0.328 e. The van der Waals surface area contributed by atoms with Crippen LogP contribution in [-0.4, -0.2) is 37.0 Å². The molecule has 2 atom stereocenters. The number of nitrogens with one attached hydrogen (secondary N) is 2. The predicted molar refractivity (Wildman–Crippen MR) is 112 cm³/mol. The highest BCUT2D eigenvalue weighted by molar-refractivity contribution is 5.90. The first kappa shape index (κ1) is 22.1. The van der Waals surface area contributed by atoms with Gasteiger partial charge in [-0.1, -0.05) is 68.4 Å². The topological polar surface area (TPSA) is 84.5 Å². The van der Waals surface area contributed by atoms with Crippen molar-refractivity contribution in [3.05, 3.63) is 60.2 Å². The Hall–Kier alpha value is -3.15. The molecule has 154 valence electrons. The summed E-state index contributed by atoms with van der Waals surface area (Å²) in [5.41, 5.74) is 3.06. The van der Waals surface area contributed by atoms with E-state index in [0.29, 0.717) is 6.42 Å². The number of rotatable bonds is 8. The Morgan fingerprint density at radius 2 is 1.48 bits per heavy atom. The largest absolute Gasteiger partial charge is 0.467 e. The quantitative estimate of drug-likeness (QED) is 0.672. The van der Waals surface area contributed by atoms with Gasteiger partial charge in [0.15, 0.2) is 0 Å². The molecule has 0 aliphatic rings. The first-order valence-electron chi connectivity index (χ1n) is 9.61. The van der Waals surface area contributed by atoms with Crippen LogP contribution in [0.2, 0.25) is 0 Å². The Bertz CT molecular complexity index is 832. The summed E-state index contributed by atoms with van der Waals surface area (Å²) in [5.74, 6) is -1.37. The van der Waals surface area contributed by atoms with Gasteiger partial charge >= 0.3 is 5.97 Å². The zero-order valence-corrected chi connectivity index (χ0v) is 17.3. The van der Waals surface area contributed by atoms with E-state index in [1.54, 1.807) is 0 Å². The number of ether oxygens (including phenoxy) is 1. The molecule has 0 bridgehead atoms. The number of esters is 1. The minimum atomic E-state index is -0.843. The summed E-state index contributed by atoms with van der Waals surface area (Å²) < 4.78 is 4.86. The highest BCUT2D eigenvalue weighted by atomic mass is 16.5. The normalized spacial score (nSPS) is 12.7. The molecule has 29 heavy (non-hydrogen) atoms. The van der Waals surface area contributed by atoms with Crippen LogP contribution >= 0.6 is 0 Å². The summed E-state index contributed by atoms with van der Waals surface area (Å²) in [4.78, 5) is 36.3. The van der Waals surface area contributed by atoms with Gasteiger partial charge in [0.1, 0.15) is 12.1 Å². The second kappa shape index (κ2) is 10.4. The lowest BCUT2D eigenvalue weighted by atomic mass is 9.99. The number of amides is 2. The van der Waals surface area contributed by atoms with Gasteiger partial charge in [0.2, 0.25) is 11.8 Å². The van der Waals surface area contributed by atoms with Gasteiger partial charge in [0.05, 0.1) is 7.11 Å². The number of carbonyl (C=O) groups excluding carboxylic acids is 3. The summed E-state index contributed by atoms with van der Waals surface area (Å²) in [7, 11) is 1.29. The van der Waals surface area contributed by atoms with Crippen LogP contribution < -0.4 is 10.6 Å². The number of hydrogen-bond acceptors (Lipinski definition) is 4. The van der Waals surface area contributed by atoms with Crippen LogP contribution in [0.5, 0.6) is 0 Å². The molecular weight excluding hydrogens is 368 g/mol. The molecule has 0 aromatic heterocycles.